The summed E-state index contributed by atoms with van der Waals surface area (Å²) >= 11 is 0. The quantitative estimate of drug-likeness (QED) is 0.562. The van der Waals surface area contributed by atoms with Crippen molar-refractivity contribution >= 4 is 5.97 Å². The van der Waals surface area contributed by atoms with E-state index < -0.39 is 30.2 Å². The van der Waals surface area contributed by atoms with Crippen LogP contribution in [-0.4, -0.2) is 46.7 Å². The van der Waals surface area contributed by atoms with Crippen molar-refractivity contribution in [3.8, 4) is 0 Å². The Morgan fingerprint density at radius 1 is 1.43 bits per heavy atom. The Bertz CT molecular complexity index is 217. The summed E-state index contributed by atoms with van der Waals surface area (Å²) in [6.07, 6.45) is -2.39. The maximum Gasteiger partial charge on any atom is 0.309 e. The largest absolute Gasteiger partial charge is 0.481 e. The normalized spacial score (nSPS) is 43.6. The summed E-state index contributed by atoms with van der Waals surface area (Å²) in [6.45, 7) is 1.71. The molecular formula is C9H16O5. The van der Waals surface area contributed by atoms with Gasteiger partial charge in [0.25, 0.3) is 0 Å². The Hall–Kier alpha value is -0.650. The van der Waals surface area contributed by atoms with E-state index in [1.54, 1.807) is 6.92 Å². The van der Waals surface area contributed by atoms with Gasteiger partial charge in [0.1, 0.15) is 6.10 Å². The Morgan fingerprint density at radius 3 is 2.43 bits per heavy atom. The molecule has 0 radical (unpaired) electrons. The molecule has 5 atom stereocenters. The van der Waals surface area contributed by atoms with E-state index in [4.69, 9.17) is 9.84 Å². The predicted octanol–water partition coefficient (Wildman–Crippen LogP) is -0.536. The molecule has 5 unspecified atom stereocenters. The average molecular weight is 204 g/mol. The van der Waals surface area contributed by atoms with Crippen molar-refractivity contribution in [2.75, 3.05) is 7.11 Å². The fraction of sp³-hybridized carbons (Fsp3) is 0.889. The minimum Gasteiger partial charge on any atom is -0.481 e. The number of methoxy groups -OCH3 is 1. The highest BCUT2D eigenvalue weighted by atomic mass is 16.5. The van der Waals surface area contributed by atoms with Crippen LogP contribution in [-0.2, 0) is 9.53 Å². The first kappa shape index (κ1) is 11.4. The minimum absolute atomic E-state index is 0.246. The van der Waals surface area contributed by atoms with Gasteiger partial charge in [0.05, 0.1) is 18.1 Å². The van der Waals surface area contributed by atoms with Crippen molar-refractivity contribution in [2.24, 2.45) is 11.8 Å². The van der Waals surface area contributed by atoms with Gasteiger partial charge in [-0.1, -0.05) is 6.92 Å². The molecule has 1 fully saturated rings. The molecule has 0 heterocycles. The standard InChI is InChI=1S/C9H16O5/c1-4-3-5(10)8(14-2)7(11)6(4)9(12)13/h4-8,10-11H,3H2,1-2H3,(H,12,13). The summed E-state index contributed by atoms with van der Waals surface area (Å²) in [6, 6.07) is 0. The lowest BCUT2D eigenvalue weighted by Crippen LogP contribution is -2.53. The minimum atomic E-state index is -1.14. The molecule has 0 amide bonds. The molecule has 0 saturated heterocycles. The molecule has 14 heavy (non-hydrogen) atoms. The molecule has 0 spiro atoms. The lowest BCUT2D eigenvalue weighted by molar-refractivity contribution is -0.172. The van der Waals surface area contributed by atoms with Gasteiger partial charge in [-0.2, -0.15) is 0 Å². The van der Waals surface area contributed by atoms with E-state index in [0.717, 1.165) is 0 Å². The van der Waals surface area contributed by atoms with E-state index in [1.165, 1.54) is 7.11 Å². The maximum atomic E-state index is 10.8. The smallest absolute Gasteiger partial charge is 0.309 e. The molecule has 0 aromatic rings. The summed E-state index contributed by atoms with van der Waals surface area (Å²) in [5, 5.41) is 28.1. The fourth-order valence-electron chi connectivity index (χ4n) is 2.12. The van der Waals surface area contributed by atoms with Crippen LogP contribution < -0.4 is 0 Å². The lowest BCUT2D eigenvalue weighted by Gasteiger charge is -2.39. The topological polar surface area (TPSA) is 87.0 Å². The van der Waals surface area contributed by atoms with Crippen molar-refractivity contribution in [2.45, 2.75) is 31.7 Å². The van der Waals surface area contributed by atoms with Crippen molar-refractivity contribution in [3.63, 3.8) is 0 Å². The third kappa shape index (κ3) is 1.89. The van der Waals surface area contributed by atoms with Crippen molar-refractivity contribution in [3.05, 3.63) is 0 Å². The van der Waals surface area contributed by atoms with E-state index >= 15 is 0 Å². The molecule has 0 aromatic heterocycles. The van der Waals surface area contributed by atoms with Gasteiger partial charge in [0.2, 0.25) is 0 Å². The van der Waals surface area contributed by atoms with E-state index in [1.807, 2.05) is 0 Å². The summed E-state index contributed by atoms with van der Waals surface area (Å²) in [7, 11) is 1.35. The van der Waals surface area contributed by atoms with Crippen molar-refractivity contribution < 1.29 is 24.9 Å². The average Bonchev–Trinajstić information content (AvgIpc) is 2.02. The van der Waals surface area contributed by atoms with Gasteiger partial charge in [-0.3, -0.25) is 4.79 Å². The monoisotopic (exact) mass is 204 g/mol. The van der Waals surface area contributed by atoms with E-state index in [2.05, 4.69) is 0 Å². The third-order valence-corrected chi connectivity index (χ3v) is 2.87. The zero-order chi connectivity index (χ0) is 10.9. The highest BCUT2D eigenvalue weighted by Gasteiger charge is 2.45. The summed E-state index contributed by atoms with van der Waals surface area (Å²) in [4.78, 5) is 10.8. The molecule has 0 aliphatic heterocycles. The number of aliphatic carboxylic acids is 1. The summed E-state index contributed by atoms with van der Waals surface area (Å²) in [5.74, 6) is -2.15. The van der Waals surface area contributed by atoms with E-state index in [0.29, 0.717) is 6.42 Å². The van der Waals surface area contributed by atoms with Crippen LogP contribution in [0.5, 0.6) is 0 Å². The second kappa shape index (κ2) is 4.25. The van der Waals surface area contributed by atoms with Crippen LogP contribution in [0.4, 0.5) is 0 Å². The summed E-state index contributed by atoms with van der Waals surface area (Å²) in [5.41, 5.74) is 0. The van der Waals surface area contributed by atoms with Crippen LogP contribution >= 0.6 is 0 Å². The van der Waals surface area contributed by atoms with Crippen LogP contribution in [0.25, 0.3) is 0 Å². The second-order valence-corrected chi connectivity index (χ2v) is 3.84. The zero-order valence-corrected chi connectivity index (χ0v) is 8.25. The molecule has 1 rings (SSSR count). The fourth-order valence-corrected chi connectivity index (χ4v) is 2.12. The molecule has 1 aliphatic rings. The molecule has 5 heteroatoms. The van der Waals surface area contributed by atoms with Gasteiger partial charge in [0.15, 0.2) is 0 Å². The molecule has 82 valence electrons. The van der Waals surface area contributed by atoms with E-state index in [9.17, 15) is 15.0 Å². The molecule has 5 nitrogen and oxygen atoms in total. The number of hydrogen-bond acceptors (Lipinski definition) is 4. The number of aliphatic hydroxyl groups excluding tert-OH is 2. The molecule has 1 saturated carbocycles. The maximum absolute atomic E-state index is 10.8. The highest BCUT2D eigenvalue weighted by Crippen LogP contribution is 2.32. The van der Waals surface area contributed by atoms with Crippen LogP contribution in [0, 0.1) is 11.8 Å². The van der Waals surface area contributed by atoms with Gasteiger partial charge in [-0.15, -0.1) is 0 Å². The van der Waals surface area contributed by atoms with Gasteiger partial charge in [-0.25, -0.2) is 0 Å². The predicted molar refractivity (Wildman–Crippen MR) is 47.7 cm³/mol. The van der Waals surface area contributed by atoms with Crippen LogP contribution in [0.2, 0.25) is 0 Å². The van der Waals surface area contributed by atoms with Gasteiger partial charge in [0, 0.05) is 7.11 Å². The Morgan fingerprint density at radius 2 is 2.00 bits per heavy atom. The number of hydrogen-bond donors (Lipinski definition) is 3. The number of ether oxygens (including phenoxy) is 1. The highest BCUT2D eigenvalue weighted by molar-refractivity contribution is 5.71. The molecule has 0 bridgehead atoms. The first-order valence-electron chi connectivity index (χ1n) is 4.60. The van der Waals surface area contributed by atoms with Gasteiger partial charge < -0.3 is 20.1 Å². The zero-order valence-electron chi connectivity index (χ0n) is 8.25. The Labute approximate surface area is 82.3 Å². The first-order chi connectivity index (χ1) is 6.49. The van der Waals surface area contributed by atoms with Gasteiger partial charge >= 0.3 is 5.97 Å². The van der Waals surface area contributed by atoms with Crippen LogP contribution in [0.3, 0.4) is 0 Å². The lowest BCUT2D eigenvalue weighted by atomic mass is 9.75. The number of carboxylic acid groups (broad SMARTS) is 1. The molecule has 0 aromatic carbocycles. The van der Waals surface area contributed by atoms with Crippen LogP contribution in [0.15, 0.2) is 0 Å². The van der Waals surface area contributed by atoms with Crippen molar-refractivity contribution in [1.29, 1.82) is 0 Å². The number of aliphatic hydroxyl groups is 2. The number of rotatable bonds is 2. The van der Waals surface area contributed by atoms with Gasteiger partial charge in [-0.05, 0) is 12.3 Å². The molecular weight excluding hydrogens is 188 g/mol. The van der Waals surface area contributed by atoms with Crippen LogP contribution in [0.1, 0.15) is 13.3 Å². The number of carbonyl (C=O) groups is 1. The third-order valence-electron chi connectivity index (χ3n) is 2.87. The molecule has 3 N–H and O–H groups in total. The van der Waals surface area contributed by atoms with Crippen molar-refractivity contribution in [1.82, 2.24) is 0 Å². The second-order valence-electron chi connectivity index (χ2n) is 3.84. The number of carboxylic acids is 1. The Balaban J connectivity index is 2.82. The Kier molecular flexibility index (Phi) is 3.47. The van der Waals surface area contributed by atoms with E-state index in [-0.39, 0.29) is 5.92 Å². The first-order valence-corrected chi connectivity index (χ1v) is 4.60. The summed E-state index contributed by atoms with van der Waals surface area (Å²) < 4.78 is 4.88. The molecule has 1 aliphatic carbocycles. The SMILES string of the molecule is COC1C(O)CC(C)C(C(=O)O)C1O.